The van der Waals surface area contributed by atoms with E-state index in [1.165, 1.54) is 0 Å². The van der Waals surface area contributed by atoms with Crippen LogP contribution in [0.15, 0.2) is 54.6 Å². The van der Waals surface area contributed by atoms with E-state index in [1.807, 2.05) is 30.3 Å². The van der Waals surface area contributed by atoms with Crippen LogP contribution in [0.5, 0.6) is 5.75 Å². The maximum absolute atomic E-state index is 12.3. The van der Waals surface area contributed by atoms with Crippen LogP contribution in [-0.4, -0.2) is 44.0 Å². The third-order valence-corrected chi connectivity index (χ3v) is 4.75. The molecule has 1 saturated heterocycles. The van der Waals surface area contributed by atoms with Gasteiger partial charge >= 0.3 is 0 Å². The highest BCUT2D eigenvalue weighted by atomic mass is 35.5. The van der Waals surface area contributed by atoms with Crippen molar-refractivity contribution in [3.8, 4) is 5.75 Å². The molecular formula is C21H22ClN3O4. The van der Waals surface area contributed by atoms with Crippen LogP contribution in [0.25, 0.3) is 0 Å². The van der Waals surface area contributed by atoms with E-state index < -0.39 is 5.92 Å². The monoisotopic (exact) mass is 415 g/mol. The molecule has 1 unspecified atom stereocenters. The summed E-state index contributed by atoms with van der Waals surface area (Å²) in [6, 6.07) is 16.0. The van der Waals surface area contributed by atoms with Crippen LogP contribution in [0.3, 0.4) is 0 Å². The highest BCUT2D eigenvalue weighted by Crippen LogP contribution is 2.24. The molecule has 0 spiro atoms. The summed E-state index contributed by atoms with van der Waals surface area (Å²) in [6.07, 6.45) is 0.183. The van der Waals surface area contributed by atoms with E-state index in [2.05, 4.69) is 10.6 Å². The van der Waals surface area contributed by atoms with Gasteiger partial charge in [0, 0.05) is 36.8 Å². The Morgan fingerprint density at radius 2 is 1.72 bits per heavy atom. The summed E-state index contributed by atoms with van der Waals surface area (Å²) in [5.74, 6) is -0.397. The van der Waals surface area contributed by atoms with Crippen molar-refractivity contribution in [2.45, 2.75) is 6.42 Å². The number of ether oxygens (including phenoxy) is 1. The first kappa shape index (κ1) is 20.7. The van der Waals surface area contributed by atoms with Crippen LogP contribution in [0.4, 0.5) is 5.69 Å². The summed E-state index contributed by atoms with van der Waals surface area (Å²) in [4.78, 5) is 37.9. The van der Waals surface area contributed by atoms with Crippen molar-refractivity contribution in [1.29, 1.82) is 0 Å². The van der Waals surface area contributed by atoms with E-state index in [-0.39, 0.29) is 43.8 Å². The standard InChI is InChI=1S/C21H22ClN3O4/c22-16-6-8-18(9-7-16)29-14-19(26)23-10-11-24-21(28)15-12-20(27)25(13-15)17-4-2-1-3-5-17/h1-9,15H,10-14H2,(H,23,26)(H,24,28). The zero-order chi connectivity index (χ0) is 20.6. The number of carbonyl (C=O) groups is 3. The lowest BCUT2D eigenvalue weighted by Crippen LogP contribution is -2.39. The highest BCUT2D eigenvalue weighted by Gasteiger charge is 2.34. The molecule has 8 heteroatoms. The van der Waals surface area contributed by atoms with Gasteiger partial charge in [-0.25, -0.2) is 0 Å². The number of hydrogen-bond acceptors (Lipinski definition) is 4. The van der Waals surface area contributed by atoms with Crippen LogP contribution >= 0.6 is 11.6 Å². The molecule has 0 bridgehead atoms. The largest absolute Gasteiger partial charge is 0.484 e. The van der Waals surface area contributed by atoms with Crippen LogP contribution in [0.2, 0.25) is 5.02 Å². The maximum atomic E-state index is 12.3. The Morgan fingerprint density at radius 1 is 1.03 bits per heavy atom. The maximum Gasteiger partial charge on any atom is 0.258 e. The average Bonchev–Trinajstić information content (AvgIpc) is 3.13. The van der Waals surface area contributed by atoms with Gasteiger partial charge in [-0.05, 0) is 36.4 Å². The molecule has 0 aromatic heterocycles. The number of para-hydroxylation sites is 1. The number of anilines is 1. The lowest BCUT2D eigenvalue weighted by Gasteiger charge is -2.16. The first-order valence-electron chi connectivity index (χ1n) is 9.31. The molecule has 2 aromatic rings. The van der Waals surface area contributed by atoms with E-state index in [4.69, 9.17) is 16.3 Å². The van der Waals surface area contributed by atoms with E-state index >= 15 is 0 Å². The van der Waals surface area contributed by atoms with Crippen LogP contribution in [-0.2, 0) is 14.4 Å². The first-order valence-corrected chi connectivity index (χ1v) is 9.69. The first-order chi connectivity index (χ1) is 14.0. The molecule has 3 rings (SSSR count). The molecule has 152 valence electrons. The third kappa shape index (κ3) is 5.96. The Morgan fingerprint density at radius 3 is 2.45 bits per heavy atom. The number of nitrogens with zero attached hydrogens (tertiary/aromatic N) is 1. The molecule has 1 aliphatic heterocycles. The van der Waals surface area contributed by atoms with Gasteiger partial charge in [-0.15, -0.1) is 0 Å². The van der Waals surface area contributed by atoms with Crippen molar-refractivity contribution >= 4 is 35.0 Å². The van der Waals surface area contributed by atoms with Gasteiger partial charge in [0.05, 0.1) is 5.92 Å². The van der Waals surface area contributed by atoms with E-state index in [0.717, 1.165) is 5.69 Å². The summed E-state index contributed by atoms with van der Waals surface area (Å²) >= 11 is 5.79. The van der Waals surface area contributed by atoms with Gasteiger partial charge in [-0.3, -0.25) is 14.4 Å². The van der Waals surface area contributed by atoms with Crippen molar-refractivity contribution in [3.63, 3.8) is 0 Å². The van der Waals surface area contributed by atoms with E-state index in [1.54, 1.807) is 29.2 Å². The van der Waals surface area contributed by atoms with E-state index in [9.17, 15) is 14.4 Å². The molecule has 0 saturated carbocycles. The van der Waals surface area contributed by atoms with E-state index in [0.29, 0.717) is 17.3 Å². The van der Waals surface area contributed by atoms with Gasteiger partial charge in [0.1, 0.15) is 5.75 Å². The fourth-order valence-corrected chi connectivity index (χ4v) is 3.13. The minimum absolute atomic E-state index is 0.0657. The Balaban J connectivity index is 1.34. The molecule has 1 fully saturated rings. The minimum atomic E-state index is -0.397. The fraction of sp³-hybridized carbons (Fsp3) is 0.286. The van der Waals surface area contributed by atoms with Gasteiger partial charge < -0.3 is 20.3 Å². The van der Waals surface area contributed by atoms with Crippen molar-refractivity contribution < 1.29 is 19.1 Å². The SMILES string of the molecule is O=C(COc1ccc(Cl)cc1)NCCNC(=O)C1CC(=O)N(c2ccccc2)C1. The quantitative estimate of drug-likeness (QED) is 0.645. The summed E-state index contributed by atoms with van der Waals surface area (Å²) < 4.78 is 5.35. The molecule has 2 aromatic carbocycles. The number of carbonyl (C=O) groups excluding carboxylic acids is 3. The Hall–Kier alpha value is -3.06. The van der Waals surface area contributed by atoms with Crippen molar-refractivity contribution in [2.75, 3.05) is 31.1 Å². The molecule has 7 nitrogen and oxygen atoms in total. The summed E-state index contributed by atoms with van der Waals surface area (Å²) in [5.41, 5.74) is 0.792. The number of amides is 3. The van der Waals surface area contributed by atoms with Crippen LogP contribution in [0, 0.1) is 5.92 Å². The third-order valence-electron chi connectivity index (χ3n) is 4.49. The molecule has 0 aliphatic carbocycles. The summed E-state index contributed by atoms with van der Waals surface area (Å²) in [7, 11) is 0. The van der Waals surface area contributed by atoms with Gasteiger partial charge in [0.15, 0.2) is 6.61 Å². The Bertz CT molecular complexity index is 858. The topological polar surface area (TPSA) is 87.7 Å². The zero-order valence-electron chi connectivity index (χ0n) is 15.8. The fourth-order valence-electron chi connectivity index (χ4n) is 3.00. The number of benzene rings is 2. The lowest BCUT2D eigenvalue weighted by molar-refractivity contribution is -0.126. The van der Waals surface area contributed by atoms with Crippen LogP contribution < -0.4 is 20.3 Å². The molecule has 2 N–H and O–H groups in total. The molecule has 1 aliphatic rings. The van der Waals surface area contributed by atoms with Gasteiger partial charge in [0.2, 0.25) is 11.8 Å². The smallest absolute Gasteiger partial charge is 0.258 e. The molecule has 1 heterocycles. The predicted molar refractivity (Wildman–Crippen MR) is 110 cm³/mol. The summed E-state index contributed by atoms with van der Waals surface area (Å²) in [6.45, 7) is 0.786. The second-order valence-electron chi connectivity index (χ2n) is 6.62. The highest BCUT2D eigenvalue weighted by molar-refractivity contribution is 6.30. The lowest BCUT2D eigenvalue weighted by atomic mass is 10.1. The minimum Gasteiger partial charge on any atom is -0.484 e. The van der Waals surface area contributed by atoms with Gasteiger partial charge in [0.25, 0.3) is 5.91 Å². The molecule has 1 atom stereocenters. The zero-order valence-corrected chi connectivity index (χ0v) is 16.5. The predicted octanol–water partition coefficient (Wildman–Crippen LogP) is 2.00. The number of nitrogens with one attached hydrogen (secondary N) is 2. The van der Waals surface area contributed by atoms with Crippen molar-refractivity contribution in [3.05, 3.63) is 59.6 Å². The van der Waals surface area contributed by atoms with Crippen LogP contribution in [0.1, 0.15) is 6.42 Å². The van der Waals surface area contributed by atoms with Gasteiger partial charge in [-0.2, -0.15) is 0 Å². The Labute approximate surface area is 174 Å². The number of hydrogen-bond donors (Lipinski definition) is 2. The second-order valence-corrected chi connectivity index (χ2v) is 7.06. The second kappa shape index (κ2) is 9.93. The number of rotatable bonds is 8. The van der Waals surface area contributed by atoms with Crippen molar-refractivity contribution in [1.82, 2.24) is 10.6 Å². The number of halogens is 1. The molecule has 3 amide bonds. The summed E-state index contributed by atoms with van der Waals surface area (Å²) in [5, 5.41) is 6.03. The van der Waals surface area contributed by atoms with Crippen molar-refractivity contribution in [2.24, 2.45) is 5.92 Å². The average molecular weight is 416 g/mol. The molecule has 29 heavy (non-hydrogen) atoms. The molecule has 0 radical (unpaired) electrons. The van der Waals surface area contributed by atoms with Gasteiger partial charge in [-0.1, -0.05) is 29.8 Å². The normalized spacial score (nSPS) is 15.8. The molecular weight excluding hydrogens is 394 g/mol. The Kier molecular flexibility index (Phi) is 7.08.